The molecule has 0 aliphatic heterocycles. The van der Waals surface area contributed by atoms with E-state index in [0.717, 1.165) is 11.3 Å². The number of carbonyl (C=O) groups is 1. The van der Waals surface area contributed by atoms with Crippen LogP contribution in [0.1, 0.15) is 18.9 Å². The standard InChI is InChI=1S/C12H17NO3/c1-3-10(12(15)16-2)13-11-7-5-4-6-9(11)8-14/h4-7,10,13-14H,3,8H2,1-2H3. The second-order valence-corrected chi connectivity index (χ2v) is 3.44. The molecule has 2 N–H and O–H groups in total. The number of nitrogens with one attached hydrogen (secondary N) is 1. The van der Waals surface area contributed by atoms with Gasteiger partial charge >= 0.3 is 5.97 Å². The summed E-state index contributed by atoms with van der Waals surface area (Å²) in [6.07, 6.45) is 0.631. The molecule has 1 unspecified atom stereocenters. The van der Waals surface area contributed by atoms with E-state index in [-0.39, 0.29) is 18.6 Å². The largest absolute Gasteiger partial charge is 0.467 e. The Balaban J connectivity index is 2.81. The molecule has 16 heavy (non-hydrogen) atoms. The van der Waals surface area contributed by atoms with Crippen molar-refractivity contribution >= 4 is 11.7 Å². The van der Waals surface area contributed by atoms with Gasteiger partial charge in [-0.05, 0) is 12.5 Å². The molecule has 4 heteroatoms. The third-order valence-electron chi connectivity index (χ3n) is 2.41. The molecule has 0 aromatic heterocycles. The summed E-state index contributed by atoms with van der Waals surface area (Å²) in [6.45, 7) is 1.84. The first-order valence-corrected chi connectivity index (χ1v) is 5.26. The van der Waals surface area contributed by atoms with Crippen molar-refractivity contribution in [3.05, 3.63) is 29.8 Å². The summed E-state index contributed by atoms with van der Waals surface area (Å²) in [4.78, 5) is 11.4. The number of aliphatic hydroxyl groups is 1. The molecule has 0 aliphatic carbocycles. The lowest BCUT2D eigenvalue weighted by molar-refractivity contribution is -0.141. The number of hydrogen-bond donors (Lipinski definition) is 2. The third kappa shape index (κ3) is 2.97. The van der Waals surface area contributed by atoms with Gasteiger partial charge in [-0.15, -0.1) is 0 Å². The second kappa shape index (κ2) is 6.12. The predicted octanol–water partition coefficient (Wildman–Crippen LogP) is 1.54. The molecule has 0 fully saturated rings. The van der Waals surface area contributed by atoms with Crippen LogP contribution in [0.5, 0.6) is 0 Å². The van der Waals surface area contributed by atoms with Crippen molar-refractivity contribution in [2.24, 2.45) is 0 Å². The molecule has 0 heterocycles. The lowest BCUT2D eigenvalue weighted by Gasteiger charge is -2.17. The Bertz CT molecular complexity index is 352. The van der Waals surface area contributed by atoms with E-state index in [4.69, 9.17) is 5.11 Å². The Kier molecular flexibility index (Phi) is 4.79. The number of para-hydroxylation sites is 1. The van der Waals surface area contributed by atoms with E-state index >= 15 is 0 Å². The topological polar surface area (TPSA) is 58.6 Å². The lowest BCUT2D eigenvalue weighted by atomic mass is 10.1. The number of aliphatic hydroxyl groups excluding tert-OH is 1. The van der Waals surface area contributed by atoms with Crippen LogP contribution in [0.3, 0.4) is 0 Å². The number of hydrogen-bond acceptors (Lipinski definition) is 4. The number of ether oxygens (including phenoxy) is 1. The minimum Gasteiger partial charge on any atom is -0.467 e. The molecule has 1 aromatic carbocycles. The molecular formula is C12H17NO3. The Labute approximate surface area is 95.2 Å². The smallest absolute Gasteiger partial charge is 0.328 e. The van der Waals surface area contributed by atoms with Crippen LogP contribution in [0, 0.1) is 0 Å². The molecule has 0 spiro atoms. The van der Waals surface area contributed by atoms with Gasteiger partial charge in [0, 0.05) is 11.3 Å². The molecule has 0 amide bonds. The fourth-order valence-electron chi connectivity index (χ4n) is 1.46. The highest BCUT2D eigenvalue weighted by molar-refractivity contribution is 5.79. The van der Waals surface area contributed by atoms with Crippen molar-refractivity contribution in [3.63, 3.8) is 0 Å². The summed E-state index contributed by atoms with van der Waals surface area (Å²) in [5, 5.41) is 12.2. The first-order chi connectivity index (χ1) is 7.72. The normalized spacial score (nSPS) is 11.9. The van der Waals surface area contributed by atoms with Crippen molar-refractivity contribution in [2.45, 2.75) is 26.0 Å². The van der Waals surface area contributed by atoms with E-state index in [2.05, 4.69) is 10.1 Å². The molecule has 0 radical (unpaired) electrons. The van der Waals surface area contributed by atoms with Crippen molar-refractivity contribution in [1.29, 1.82) is 0 Å². The fourth-order valence-corrected chi connectivity index (χ4v) is 1.46. The predicted molar refractivity (Wildman–Crippen MR) is 62.1 cm³/mol. The van der Waals surface area contributed by atoms with Crippen molar-refractivity contribution < 1.29 is 14.6 Å². The van der Waals surface area contributed by atoms with Crippen LogP contribution in [0.4, 0.5) is 5.69 Å². The number of methoxy groups -OCH3 is 1. The van der Waals surface area contributed by atoms with Crippen molar-refractivity contribution in [2.75, 3.05) is 12.4 Å². The average Bonchev–Trinajstić information content (AvgIpc) is 2.35. The zero-order valence-corrected chi connectivity index (χ0v) is 9.56. The average molecular weight is 223 g/mol. The number of anilines is 1. The van der Waals surface area contributed by atoms with Crippen LogP contribution in [0.25, 0.3) is 0 Å². The minimum atomic E-state index is -0.377. The number of rotatable bonds is 5. The van der Waals surface area contributed by atoms with Crippen LogP contribution in [0.15, 0.2) is 24.3 Å². The first-order valence-electron chi connectivity index (χ1n) is 5.26. The quantitative estimate of drug-likeness (QED) is 0.743. The summed E-state index contributed by atoms with van der Waals surface area (Å²) in [7, 11) is 1.37. The lowest BCUT2D eigenvalue weighted by Crippen LogP contribution is -2.30. The van der Waals surface area contributed by atoms with Crippen LogP contribution >= 0.6 is 0 Å². The van der Waals surface area contributed by atoms with Crippen molar-refractivity contribution in [3.8, 4) is 0 Å². The van der Waals surface area contributed by atoms with Crippen LogP contribution in [0.2, 0.25) is 0 Å². The number of carbonyl (C=O) groups excluding carboxylic acids is 1. The van der Waals surface area contributed by atoms with Gasteiger partial charge in [-0.3, -0.25) is 0 Å². The van der Waals surface area contributed by atoms with Gasteiger partial charge in [0.2, 0.25) is 0 Å². The van der Waals surface area contributed by atoms with Crippen LogP contribution in [-0.4, -0.2) is 24.2 Å². The van der Waals surface area contributed by atoms with E-state index in [1.54, 1.807) is 0 Å². The number of benzene rings is 1. The maximum absolute atomic E-state index is 11.4. The van der Waals surface area contributed by atoms with Crippen molar-refractivity contribution in [1.82, 2.24) is 0 Å². The molecule has 1 aromatic rings. The Morgan fingerprint density at radius 2 is 2.19 bits per heavy atom. The highest BCUT2D eigenvalue weighted by atomic mass is 16.5. The van der Waals surface area contributed by atoms with E-state index < -0.39 is 0 Å². The Hall–Kier alpha value is -1.55. The second-order valence-electron chi connectivity index (χ2n) is 3.44. The molecule has 0 bridgehead atoms. The highest BCUT2D eigenvalue weighted by Crippen LogP contribution is 2.17. The Morgan fingerprint density at radius 1 is 1.50 bits per heavy atom. The summed E-state index contributed by atoms with van der Waals surface area (Å²) in [5.74, 6) is -0.296. The highest BCUT2D eigenvalue weighted by Gasteiger charge is 2.17. The van der Waals surface area contributed by atoms with Gasteiger partial charge in [0.15, 0.2) is 0 Å². The molecule has 1 atom stereocenters. The maximum Gasteiger partial charge on any atom is 0.328 e. The molecular weight excluding hydrogens is 206 g/mol. The van der Waals surface area contributed by atoms with E-state index in [9.17, 15) is 4.79 Å². The summed E-state index contributed by atoms with van der Waals surface area (Å²) in [6, 6.07) is 6.96. The van der Waals surface area contributed by atoms with Crippen LogP contribution < -0.4 is 5.32 Å². The molecule has 4 nitrogen and oxygen atoms in total. The first kappa shape index (κ1) is 12.5. The zero-order chi connectivity index (χ0) is 12.0. The van der Waals surface area contributed by atoms with E-state index in [1.807, 2.05) is 31.2 Å². The van der Waals surface area contributed by atoms with Gasteiger partial charge in [0.05, 0.1) is 13.7 Å². The molecule has 0 aliphatic rings. The van der Waals surface area contributed by atoms with Gasteiger partial charge in [0.1, 0.15) is 6.04 Å². The molecule has 88 valence electrons. The molecule has 0 saturated heterocycles. The SMILES string of the molecule is CCC(Nc1ccccc1CO)C(=O)OC. The number of esters is 1. The third-order valence-corrected chi connectivity index (χ3v) is 2.41. The van der Waals surface area contributed by atoms with E-state index in [0.29, 0.717) is 6.42 Å². The Morgan fingerprint density at radius 3 is 2.75 bits per heavy atom. The monoisotopic (exact) mass is 223 g/mol. The fraction of sp³-hybridized carbons (Fsp3) is 0.417. The minimum absolute atomic E-state index is 0.0548. The van der Waals surface area contributed by atoms with Gasteiger partial charge in [-0.2, -0.15) is 0 Å². The maximum atomic E-state index is 11.4. The van der Waals surface area contributed by atoms with Gasteiger partial charge in [-0.25, -0.2) is 4.79 Å². The summed E-state index contributed by atoms with van der Waals surface area (Å²) in [5.41, 5.74) is 1.53. The van der Waals surface area contributed by atoms with Gasteiger partial charge in [-0.1, -0.05) is 25.1 Å². The van der Waals surface area contributed by atoms with Gasteiger partial charge < -0.3 is 15.2 Å². The summed E-state index contributed by atoms with van der Waals surface area (Å²) < 4.78 is 4.69. The van der Waals surface area contributed by atoms with Crippen LogP contribution in [-0.2, 0) is 16.1 Å². The van der Waals surface area contributed by atoms with E-state index in [1.165, 1.54) is 7.11 Å². The van der Waals surface area contributed by atoms with Gasteiger partial charge in [0.25, 0.3) is 0 Å². The molecule has 0 saturated carbocycles. The summed E-state index contributed by atoms with van der Waals surface area (Å²) >= 11 is 0. The molecule has 1 rings (SSSR count). The zero-order valence-electron chi connectivity index (χ0n) is 9.56.